The molecule has 0 aromatic carbocycles. The topological polar surface area (TPSA) is 37.4 Å². The van der Waals surface area contributed by atoms with Crippen LogP contribution in [0.25, 0.3) is 0 Å². The van der Waals surface area contributed by atoms with Gasteiger partial charge in [0.15, 0.2) is 0 Å². The maximum absolute atomic E-state index is 5.75. The molecule has 1 aromatic rings. The summed E-state index contributed by atoms with van der Waals surface area (Å²) in [5, 5.41) is 3.31. The Hall–Kier alpha value is -0.970. The van der Waals surface area contributed by atoms with Crippen LogP contribution in [-0.2, 0) is 17.8 Å². The predicted molar refractivity (Wildman–Crippen MR) is 76.9 cm³/mol. The summed E-state index contributed by atoms with van der Waals surface area (Å²) in [5.41, 5.74) is 2.39. The lowest BCUT2D eigenvalue weighted by atomic mass is 10.2. The highest BCUT2D eigenvalue weighted by molar-refractivity contribution is 5.14. The molecule has 2 rings (SSSR count). The first-order chi connectivity index (χ1) is 9.17. The molecule has 2 heterocycles. The van der Waals surface area contributed by atoms with Crippen LogP contribution in [0.4, 0.5) is 0 Å². The number of pyridine rings is 1. The van der Waals surface area contributed by atoms with Gasteiger partial charge in [-0.1, -0.05) is 13.0 Å². The molecule has 2 atom stereocenters. The summed E-state index contributed by atoms with van der Waals surface area (Å²) in [6.07, 6.45) is 2.61. The lowest BCUT2D eigenvalue weighted by molar-refractivity contribution is -0.0707. The van der Waals surface area contributed by atoms with Crippen molar-refractivity contribution in [1.82, 2.24) is 15.2 Å². The average Bonchev–Trinajstić information content (AvgIpc) is 2.37. The van der Waals surface area contributed by atoms with E-state index in [-0.39, 0.29) is 0 Å². The van der Waals surface area contributed by atoms with Gasteiger partial charge in [-0.3, -0.25) is 9.88 Å². The molecule has 0 radical (unpaired) electrons. The zero-order chi connectivity index (χ0) is 13.7. The molecule has 1 N–H and O–H groups in total. The van der Waals surface area contributed by atoms with E-state index in [1.807, 2.05) is 6.20 Å². The van der Waals surface area contributed by atoms with Crippen molar-refractivity contribution in [3.8, 4) is 0 Å². The largest absolute Gasteiger partial charge is 0.373 e. The Balaban J connectivity index is 1.88. The quantitative estimate of drug-likeness (QED) is 0.879. The summed E-state index contributed by atoms with van der Waals surface area (Å²) in [5.74, 6) is 0. The van der Waals surface area contributed by atoms with Crippen LogP contribution in [0.5, 0.6) is 0 Å². The van der Waals surface area contributed by atoms with Crippen molar-refractivity contribution < 1.29 is 4.74 Å². The summed E-state index contributed by atoms with van der Waals surface area (Å²) in [6.45, 7) is 11.2. The van der Waals surface area contributed by atoms with Crippen molar-refractivity contribution in [2.24, 2.45) is 0 Å². The Bertz CT molecular complexity index is 369. The number of hydrogen-bond acceptors (Lipinski definition) is 4. The van der Waals surface area contributed by atoms with E-state index in [1.165, 1.54) is 5.56 Å². The van der Waals surface area contributed by atoms with Gasteiger partial charge in [0.05, 0.1) is 17.9 Å². The van der Waals surface area contributed by atoms with Crippen LogP contribution >= 0.6 is 0 Å². The van der Waals surface area contributed by atoms with E-state index in [0.29, 0.717) is 12.2 Å². The van der Waals surface area contributed by atoms with Crippen molar-refractivity contribution in [2.45, 2.75) is 46.1 Å². The van der Waals surface area contributed by atoms with Crippen molar-refractivity contribution in [2.75, 3.05) is 19.6 Å². The first kappa shape index (κ1) is 14.4. The fourth-order valence-electron chi connectivity index (χ4n) is 2.57. The van der Waals surface area contributed by atoms with Gasteiger partial charge in [0.25, 0.3) is 0 Å². The molecule has 4 heteroatoms. The molecular weight excluding hydrogens is 238 g/mol. The van der Waals surface area contributed by atoms with Crippen LogP contribution in [0.1, 0.15) is 32.0 Å². The van der Waals surface area contributed by atoms with Gasteiger partial charge < -0.3 is 10.1 Å². The molecular formula is C15H25N3O. The van der Waals surface area contributed by atoms with E-state index in [4.69, 9.17) is 4.74 Å². The fraction of sp³-hybridized carbons (Fsp3) is 0.667. The molecule has 2 unspecified atom stereocenters. The van der Waals surface area contributed by atoms with Crippen molar-refractivity contribution in [3.05, 3.63) is 29.6 Å². The molecule has 19 heavy (non-hydrogen) atoms. The number of aromatic nitrogens is 1. The van der Waals surface area contributed by atoms with E-state index in [0.717, 1.165) is 38.4 Å². The molecule has 106 valence electrons. The zero-order valence-electron chi connectivity index (χ0n) is 12.2. The summed E-state index contributed by atoms with van der Waals surface area (Å²) in [4.78, 5) is 6.98. The first-order valence-corrected chi connectivity index (χ1v) is 7.19. The van der Waals surface area contributed by atoms with E-state index in [2.05, 4.69) is 48.1 Å². The second kappa shape index (κ2) is 6.98. The van der Waals surface area contributed by atoms with Gasteiger partial charge in [0, 0.05) is 32.4 Å². The van der Waals surface area contributed by atoms with Crippen LogP contribution in [0, 0.1) is 0 Å². The standard InChI is InChI=1S/C15H25N3O/c1-4-16-7-14-5-6-15(17-8-14)11-18-9-12(2)19-13(3)10-18/h5-6,8,12-13,16H,4,7,9-11H2,1-3H3. The average molecular weight is 263 g/mol. The van der Waals surface area contributed by atoms with Crippen LogP contribution < -0.4 is 5.32 Å². The minimum atomic E-state index is 0.316. The lowest BCUT2D eigenvalue weighted by Crippen LogP contribution is -2.44. The van der Waals surface area contributed by atoms with Crippen molar-refractivity contribution in [1.29, 1.82) is 0 Å². The summed E-state index contributed by atoms with van der Waals surface area (Å²) < 4.78 is 5.75. The minimum Gasteiger partial charge on any atom is -0.373 e. The Kier molecular flexibility index (Phi) is 5.31. The SMILES string of the molecule is CCNCc1ccc(CN2CC(C)OC(C)C2)nc1. The fourth-order valence-corrected chi connectivity index (χ4v) is 2.57. The predicted octanol–water partition coefficient (Wildman–Crippen LogP) is 1.80. The highest BCUT2D eigenvalue weighted by Gasteiger charge is 2.22. The van der Waals surface area contributed by atoms with E-state index >= 15 is 0 Å². The van der Waals surface area contributed by atoms with Crippen LogP contribution in [0.3, 0.4) is 0 Å². The van der Waals surface area contributed by atoms with Crippen LogP contribution in [0.15, 0.2) is 18.3 Å². The van der Waals surface area contributed by atoms with Gasteiger partial charge in [-0.25, -0.2) is 0 Å². The molecule has 1 aliphatic heterocycles. The van der Waals surface area contributed by atoms with Gasteiger partial charge in [-0.05, 0) is 32.0 Å². The van der Waals surface area contributed by atoms with Gasteiger partial charge in [-0.2, -0.15) is 0 Å². The molecule has 4 nitrogen and oxygen atoms in total. The molecule has 1 fully saturated rings. The smallest absolute Gasteiger partial charge is 0.0678 e. The second-order valence-electron chi connectivity index (χ2n) is 5.39. The van der Waals surface area contributed by atoms with Gasteiger partial charge in [0.1, 0.15) is 0 Å². The zero-order valence-corrected chi connectivity index (χ0v) is 12.2. The normalized spacial score (nSPS) is 24.6. The Labute approximate surface area is 116 Å². The maximum Gasteiger partial charge on any atom is 0.0678 e. The van der Waals surface area contributed by atoms with Gasteiger partial charge in [0.2, 0.25) is 0 Å². The number of ether oxygens (including phenoxy) is 1. The van der Waals surface area contributed by atoms with Crippen LogP contribution in [-0.4, -0.2) is 41.7 Å². The molecule has 0 bridgehead atoms. The number of rotatable bonds is 5. The lowest BCUT2D eigenvalue weighted by Gasteiger charge is -2.35. The van der Waals surface area contributed by atoms with Gasteiger partial charge >= 0.3 is 0 Å². The summed E-state index contributed by atoms with van der Waals surface area (Å²) in [7, 11) is 0. The van der Waals surface area contributed by atoms with E-state index < -0.39 is 0 Å². The van der Waals surface area contributed by atoms with Crippen molar-refractivity contribution >= 4 is 0 Å². The number of nitrogens with one attached hydrogen (secondary N) is 1. The maximum atomic E-state index is 5.75. The number of morpholine rings is 1. The minimum absolute atomic E-state index is 0.316. The molecule has 1 aliphatic rings. The number of hydrogen-bond donors (Lipinski definition) is 1. The first-order valence-electron chi connectivity index (χ1n) is 7.19. The molecule has 0 aliphatic carbocycles. The monoisotopic (exact) mass is 263 g/mol. The highest BCUT2D eigenvalue weighted by Crippen LogP contribution is 2.13. The Morgan fingerprint density at radius 2 is 2.05 bits per heavy atom. The Morgan fingerprint density at radius 3 is 2.63 bits per heavy atom. The Morgan fingerprint density at radius 1 is 1.32 bits per heavy atom. The van der Waals surface area contributed by atoms with Gasteiger partial charge in [-0.15, -0.1) is 0 Å². The third kappa shape index (κ3) is 4.56. The van der Waals surface area contributed by atoms with Crippen LogP contribution in [0.2, 0.25) is 0 Å². The van der Waals surface area contributed by atoms with Crippen molar-refractivity contribution in [3.63, 3.8) is 0 Å². The van der Waals surface area contributed by atoms with E-state index in [9.17, 15) is 0 Å². The molecule has 1 aromatic heterocycles. The summed E-state index contributed by atoms with van der Waals surface area (Å²) >= 11 is 0. The third-order valence-electron chi connectivity index (χ3n) is 3.35. The second-order valence-corrected chi connectivity index (χ2v) is 5.39. The third-order valence-corrected chi connectivity index (χ3v) is 3.35. The highest BCUT2D eigenvalue weighted by atomic mass is 16.5. The molecule has 0 amide bonds. The molecule has 1 saturated heterocycles. The molecule has 0 saturated carbocycles. The molecule has 0 spiro atoms. The summed E-state index contributed by atoms with van der Waals surface area (Å²) in [6, 6.07) is 4.30. The number of nitrogens with zero attached hydrogens (tertiary/aromatic N) is 2. The van der Waals surface area contributed by atoms with E-state index in [1.54, 1.807) is 0 Å².